The molecule has 0 saturated heterocycles. The van der Waals surface area contributed by atoms with E-state index in [9.17, 15) is 13.6 Å². The summed E-state index contributed by atoms with van der Waals surface area (Å²) in [5.41, 5.74) is 1.53. The van der Waals surface area contributed by atoms with Crippen LogP contribution in [-0.2, 0) is 19.5 Å². The molecule has 26 heavy (non-hydrogen) atoms. The second-order valence-electron chi connectivity index (χ2n) is 5.97. The molecule has 0 unspecified atom stereocenters. The lowest BCUT2D eigenvalue weighted by molar-refractivity contribution is 0.187. The van der Waals surface area contributed by atoms with E-state index in [0.717, 1.165) is 12.1 Å². The van der Waals surface area contributed by atoms with Crippen LogP contribution in [0.2, 0.25) is 0 Å². The summed E-state index contributed by atoms with van der Waals surface area (Å²) in [6.07, 6.45) is 2.04. The molecule has 134 valence electrons. The molecular formula is C18H15F2N3O3. The maximum atomic E-state index is 13.5. The van der Waals surface area contributed by atoms with E-state index < -0.39 is 11.6 Å². The molecule has 4 rings (SSSR count). The van der Waals surface area contributed by atoms with Crippen molar-refractivity contribution in [2.24, 2.45) is 0 Å². The molecule has 0 bridgehead atoms. The van der Waals surface area contributed by atoms with Crippen LogP contribution in [0.3, 0.4) is 0 Å². The van der Waals surface area contributed by atoms with E-state index in [0.29, 0.717) is 41.3 Å². The van der Waals surface area contributed by atoms with Crippen LogP contribution in [0.1, 0.15) is 17.1 Å². The van der Waals surface area contributed by atoms with Gasteiger partial charge in [-0.2, -0.15) is 0 Å². The van der Waals surface area contributed by atoms with Gasteiger partial charge in [-0.3, -0.25) is 0 Å². The number of hydrogen-bond donors (Lipinski definition) is 1. The summed E-state index contributed by atoms with van der Waals surface area (Å²) < 4.78 is 37.2. The third kappa shape index (κ3) is 3.05. The molecule has 0 fully saturated rings. The van der Waals surface area contributed by atoms with E-state index >= 15 is 0 Å². The number of furan rings is 1. The SMILES string of the molecule is O=C(NCc1ccco1)N1CCc2onc(-c3ccc(F)c(F)c3)c2C1. The summed E-state index contributed by atoms with van der Waals surface area (Å²) in [5, 5.41) is 6.77. The second kappa shape index (κ2) is 6.62. The maximum absolute atomic E-state index is 13.5. The number of nitrogens with zero attached hydrogens (tertiary/aromatic N) is 2. The highest BCUT2D eigenvalue weighted by Crippen LogP contribution is 2.30. The zero-order valence-corrected chi connectivity index (χ0v) is 13.7. The Morgan fingerprint density at radius 1 is 1.27 bits per heavy atom. The molecule has 0 radical (unpaired) electrons. The third-order valence-corrected chi connectivity index (χ3v) is 4.30. The van der Waals surface area contributed by atoms with Gasteiger partial charge in [-0.15, -0.1) is 0 Å². The minimum absolute atomic E-state index is 0.246. The Morgan fingerprint density at radius 3 is 2.92 bits per heavy atom. The fourth-order valence-electron chi connectivity index (χ4n) is 2.94. The highest BCUT2D eigenvalue weighted by atomic mass is 19.2. The van der Waals surface area contributed by atoms with Crippen LogP contribution in [0.4, 0.5) is 13.6 Å². The first-order valence-corrected chi connectivity index (χ1v) is 8.10. The van der Waals surface area contributed by atoms with Crippen molar-refractivity contribution in [1.82, 2.24) is 15.4 Å². The van der Waals surface area contributed by atoms with Gasteiger partial charge in [0.15, 0.2) is 11.6 Å². The lowest BCUT2D eigenvalue weighted by Crippen LogP contribution is -2.42. The lowest BCUT2D eigenvalue weighted by Gasteiger charge is -2.26. The standard InChI is InChI=1S/C18H15F2N3O3/c19-14-4-3-11(8-15(14)20)17-13-10-23(6-5-16(13)26-22-17)18(24)21-9-12-2-1-7-25-12/h1-4,7-8H,5-6,9-10H2,(H,21,24). The molecule has 3 heterocycles. The summed E-state index contributed by atoms with van der Waals surface area (Å²) in [6, 6.07) is 6.83. The topological polar surface area (TPSA) is 71.5 Å². The van der Waals surface area contributed by atoms with Crippen LogP contribution in [0.15, 0.2) is 45.5 Å². The molecule has 1 aliphatic rings. The fraction of sp³-hybridized carbons (Fsp3) is 0.222. The van der Waals surface area contributed by atoms with E-state index in [-0.39, 0.29) is 19.1 Å². The normalized spacial score (nSPS) is 13.5. The van der Waals surface area contributed by atoms with Crippen molar-refractivity contribution >= 4 is 6.03 Å². The number of benzene rings is 1. The van der Waals surface area contributed by atoms with Crippen LogP contribution in [0.25, 0.3) is 11.3 Å². The molecule has 1 aliphatic heterocycles. The highest BCUT2D eigenvalue weighted by Gasteiger charge is 2.27. The zero-order valence-electron chi connectivity index (χ0n) is 13.7. The summed E-state index contributed by atoms with van der Waals surface area (Å²) >= 11 is 0. The molecule has 0 saturated carbocycles. The van der Waals surface area contributed by atoms with Crippen LogP contribution < -0.4 is 5.32 Å². The molecule has 0 spiro atoms. The average molecular weight is 359 g/mol. The number of fused-ring (bicyclic) bond motifs is 1. The van der Waals surface area contributed by atoms with Gasteiger partial charge < -0.3 is 19.2 Å². The minimum atomic E-state index is -0.955. The largest absolute Gasteiger partial charge is 0.467 e. The predicted molar refractivity (Wildman–Crippen MR) is 86.9 cm³/mol. The minimum Gasteiger partial charge on any atom is -0.467 e. The van der Waals surface area contributed by atoms with E-state index in [1.165, 1.54) is 6.07 Å². The number of hydrogen-bond acceptors (Lipinski definition) is 4. The molecule has 1 aromatic carbocycles. The Bertz CT molecular complexity index is 937. The van der Waals surface area contributed by atoms with Gasteiger partial charge in [0.25, 0.3) is 0 Å². The number of halogens is 2. The summed E-state index contributed by atoms with van der Waals surface area (Å²) in [7, 11) is 0. The number of carbonyl (C=O) groups is 1. The fourth-order valence-corrected chi connectivity index (χ4v) is 2.94. The van der Waals surface area contributed by atoms with E-state index in [1.54, 1.807) is 23.3 Å². The third-order valence-electron chi connectivity index (χ3n) is 4.30. The first kappa shape index (κ1) is 16.3. The number of nitrogens with one attached hydrogen (secondary N) is 1. The molecular weight excluding hydrogens is 344 g/mol. The van der Waals surface area contributed by atoms with Crippen LogP contribution in [0.5, 0.6) is 0 Å². The van der Waals surface area contributed by atoms with Crippen molar-refractivity contribution in [3.8, 4) is 11.3 Å². The first-order chi connectivity index (χ1) is 12.6. The highest BCUT2D eigenvalue weighted by molar-refractivity contribution is 5.75. The van der Waals surface area contributed by atoms with Crippen molar-refractivity contribution < 1.29 is 22.5 Å². The second-order valence-corrected chi connectivity index (χ2v) is 5.97. The van der Waals surface area contributed by atoms with Crippen molar-refractivity contribution in [3.63, 3.8) is 0 Å². The number of aromatic nitrogens is 1. The molecule has 8 heteroatoms. The van der Waals surface area contributed by atoms with Crippen molar-refractivity contribution in [2.75, 3.05) is 6.54 Å². The molecule has 2 amide bonds. The van der Waals surface area contributed by atoms with Crippen LogP contribution in [-0.4, -0.2) is 22.6 Å². The number of urea groups is 1. The summed E-state index contributed by atoms with van der Waals surface area (Å²) in [4.78, 5) is 14.0. The van der Waals surface area contributed by atoms with Crippen LogP contribution >= 0.6 is 0 Å². The number of carbonyl (C=O) groups excluding carboxylic acids is 1. The number of rotatable bonds is 3. The smallest absolute Gasteiger partial charge is 0.318 e. The van der Waals surface area contributed by atoms with Crippen molar-refractivity contribution in [1.29, 1.82) is 0 Å². The molecule has 2 aromatic heterocycles. The van der Waals surface area contributed by atoms with Gasteiger partial charge in [0, 0.05) is 24.1 Å². The molecule has 3 aromatic rings. The van der Waals surface area contributed by atoms with Crippen molar-refractivity contribution in [2.45, 2.75) is 19.5 Å². The maximum Gasteiger partial charge on any atom is 0.318 e. The van der Waals surface area contributed by atoms with Gasteiger partial charge >= 0.3 is 6.03 Å². The van der Waals surface area contributed by atoms with E-state index in [1.807, 2.05) is 0 Å². The quantitative estimate of drug-likeness (QED) is 0.777. The van der Waals surface area contributed by atoms with Crippen molar-refractivity contribution in [3.05, 3.63) is 65.3 Å². The Balaban J connectivity index is 1.51. The van der Waals surface area contributed by atoms with Gasteiger partial charge in [0.2, 0.25) is 0 Å². The first-order valence-electron chi connectivity index (χ1n) is 8.10. The average Bonchev–Trinajstić information content (AvgIpc) is 3.31. The zero-order chi connectivity index (χ0) is 18.1. The summed E-state index contributed by atoms with van der Waals surface area (Å²) in [6.45, 7) is 1.04. The predicted octanol–water partition coefficient (Wildman–Crippen LogP) is 3.48. The Morgan fingerprint density at radius 2 is 2.15 bits per heavy atom. The summed E-state index contributed by atoms with van der Waals surface area (Å²) in [5.74, 6) is -0.573. The molecule has 0 atom stereocenters. The van der Waals surface area contributed by atoms with E-state index in [4.69, 9.17) is 8.94 Å². The van der Waals surface area contributed by atoms with Gasteiger partial charge in [0.1, 0.15) is 17.2 Å². The lowest BCUT2D eigenvalue weighted by atomic mass is 10.0. The Labute approximate surface area is 147 Å². The van der Waals surface area contributed by atoms with Gasteiger partial charge in [0.05, 0.1) is 19.4 Å². The monoisotopic (exact) mass is 359 g/mol. The Hall–Kier alpha value is -3.16. The number of amides is 2. The molecule has 0 aliphatic carbocycles. The molecule has 6 nitrogen and oxygen atoms in total. The van der Waals surface area contributed by atoms with Gasteiger partial charge in [-0.1, -0.05) is 5.16 Å². The van der Waals surface area contributed by atoms with Gasteiger partial charge in [-0.25, -0.2) is 13.6 Å². The van der Waals surface area contributed by atoms with E-state index in [2.05, 4.69) is 10.5 Å². The molecule has 1 N–H and O–H groups in total. The Kier molecular flexibility index (Phi) is 4.16. The van der Waals surface area contributed by atoms with Crippen LogP contribution in [0, 0.1) is 11.6 Å². The van der Waals surface area contributed by atoms with Gasteiger partial charge in [-0.05, 0) is 30.3 Å².